The molecule has 1 aromatic heterocycles. The van der Waals surface area contributed by atoms with E-state index < -0.39 is 16.1 Å². The molecule has 18 heavy (non-hydrogen) atoms. The van der Waals surface area contributed by atoms with E-state index in [2.05, 4.69) is 0 Å². The van der Waals surface area contributed by atoms with Gasteiger partial charge in [0.25, 0.3) is 10.0 Å². The van der Waals surface area contributed by atoms with Crippen LogP contribution in [0.3, 0.4) is 0 Å². The van der Waals surface area contributed by atoms with Gasteiger partial charge in [-0.15, -0.1) is 11.3 Å². The molecule has 5 nitrogen and oxygen atoms in total. The average molecular weight is 312 g/mol. The lowest BCUT2D eigenvalue weighted by atomic mass is 10.2. The first kappa shape index (κ1) is 14.2. The van der Waals surface area contributed by atoms with Crippen molar-refractivity contribution in [2.75, 3.05) is 19.7 Å². The highest BCUT2D eigenvalue weighted by molar-refractivity contribution is 7.91. The van der Waals surface area contributed by atoms with Gasteiger partial charge in [-0.25, -0.2) is 8.42 Å². The van der Waals surface area contributed by atoms with E-state index in [4.69, 9.17) is 21.4 Å². The summed E-state index contributed by atoms with van der Waals surface area (Å²) in [4.78, 5) is 0. The van der Waals surface area contributed by atoms with Crippen molar-refractivity contribution in [3.63, 3.8) is 0 Å². The second-order valence-electron chi connectivity index (χ2n) is 4.13. The molecular weight excluding hydrogens is 298 g/mol. The van der Waals surface area contributed by atoms with Crippen molar-refractivity contribution in [3.8, 4) is 0 Å². The fraction of sp³-hybridized carbons (Fsp3) is 0.600. The van der Waals surface area contributed by atoms with Gasteiger partial charge >= 0.3 is 0 Å². The number of ether oxygens (including phenoxy) is 1. The Labute approximate surface area is 115 Å². The predicted octanol–water partition coefficient (Wildman–Crippen LogP) is 1.17. The number of sulfonamides is 1. The second-order valence-corrected chi connectivity index (χ2v) is 8.01. The molecule has 1 aliphatic rings. The molecule has 2 unspecified atom stereocenters. The van der Waals surface area contributed by atoms with E-state index in [1.165, 1.54) is 10.4 Å². The van der Waals surface area contributed by atoms with Crippen LogP contribution in [0, 0.1) is 0 Å². The zero-order valence-corrected chi connectivity index (χ0v) is 12.1. The molecule has 2 rings (SSSR count). The minimum Gasteiger partial charge on any atom is -0.394 e. The van der Waals surface area contributed by atoms with Crippen LogP contribution in [0.15, 0.2) is 16.3 Å². The van der Waals surface area contributed by atoms with Gasteiger partial charge in [-0.05, 0) is 19.1 Å². The minimum atomic E-state index is -3.54. The second kappa shape index (κ2) is 5.44. The number of aliphatic hydroxyl groups is 1. The van der Waals surface area contributed by atoms with Crippen molar-refractivity contribution in [2.45, 2.75) is 23.3 Å². The number of aliphatic hydroxyl groups excluding tert-OH is 1. The summed E-state index contributed by atoms with van der Waals surface area (Å²) in [7, 11) is -3.54. The molecular formula is C10H14ClNO4S2. The third-order valence-electron chi connectivity index (χ3n) is 2.64. The van der Waals surface area contributed by atoms with Crippen molar-refractivity contribution >= 4 is 33.0 Å². The molecule has 0 saturated carbocycles. The smallest absolute Gasteiger partial charge is 0.252 e. The van der Waals surface area contributed by atoms with Gasteiger partial charge in [0.15, 0.2) is 0 Å². The van der Waals surface area contributed by atoms with E-state index in [0.717, 1.165) is 11.3 Å². The Balaban J connectivity index is 2.24. The Morgan fingerprint density at radius 2 is 2.28 bits per heavy atom. The number of hydrogen-bond acceptors (Lipinski definition) is 5. The highest BCUT2D eigenvalue weighted by Gasteiger charge is 2.34. The minimum absolute atomic E-state index is 0.165. The molecule has 1 saturated heterocycles. The molecule has 0 aliphatic carbocycles. The molecule has 1 N–H and O–H groups in total. The van der Waals surface area contributed by atoms with Crippen LogP contribution in [0.2, 0.25) is 4.34 Å². The molecule has 8 heteroatoms. The van der Waals surface area contributed by atoms with Crippen molar-refractivity contribution in [2.24, 2.45) is 0 Å². The molecule has 0 radical (unpaired) electrons. The van der Waals surface area contributed by atoms with Gasteiger partial charge in [-0.1, -0.05) is 11.6 Å². The first-order valence-corrected chi connectivity index (χ1v) is 8.08. The van der Waals surface area contributed by atoms with Crippen LogP contribution in [0.1, 0.15) is 6.92 Å². The molecule has 102 valence electrons. The van der Waals surface area contributed by atoms with Crippen LogP contribution in [-0.4, -0.2) is 49.7 Å². The Morgan fingerprint density at radius 1 is 1.56 bits per heavy atom. The highest BCUT2D eigenvalue weighted by Crippen LogP contribution is 2.29. The molecule has 1 fully saturated rings. The highest BCUT2D eigenvalue weighted by atomic mass is 35.5. The van der Waals surface area contributed by atoms with Gasteiger partial charge in [0.05, 0.1) is 23.2 Å². The molecule has 0 spiro atoms. The lowest BCUT2D eigenvalue weighted by Gasteiger charge is -2.34. The third-order valence-corrected chi connectivity index (χ3v) is 6.17. The van der Waals surface area contributed by atoms with E-state index in [-0.39, 0.29) is 30.0 Å². The van der Waals surface area contributed by atoms with Crippen molar-refractivity contribution in [1.82, 2.24) is 4.31 Å². The van der Waals surface area contributed by atoms with Crippen molar-refractivity contribution in [1.29, 1.82) is 0 Å². The third kappa shape index (κ3) is 2.87. The van der Waals surface area contributed by atoms with Gasteiger partial charge in [0, 0.05) is 13.1 Å². The van der Waals surface area contributed by atoms with Crippen LogP contribution >= 0.6 is 22.9 Å². The summed E-state index contributed by atoms with van der Waals surface area (Å²) >= 11 is 6.79. The summed E-state index contributed by atoms with van der Waals surface area (Å²) in [6.07, 6.45) is -0.708. The Bertz CT molecular complexity index is 516. The Morgan fingerprint density at radius 3 is 2.83 bits per heavy atom. The summed E-state index contributed by atoms with van der Waals surface area (Å²) in [5.74, 6) is 0. The predicted molar refractivity (Wildman–Crippen MR) is 69.5 cm³/mol. The number of morpholine rings is 1. The Hall–Kier alpha value is -0.180. The molecule has 2 atom stereocenters. The summed E-state index contributed by atoms with van der Waals surface area (Å²) in [5, 5.41) is 9.10. The lowest BCUT2D eigenvalue weighted by Crippen LogP contribution is -2.50. The molecule has 1 aliphatic heterocycles. The van der Waals surface area contributed by atoms with Gasteiger partial charge in [0.1, 0.15) is 4.21 Å². The summed E-state index contributed by atoms with van der Waals surface area (Å²) < 4.78 is 32.1. The number of halogens is 1. The van der Waals surface area contributed by atoms with Crippen LogP contribution in [0.25, 0.3) is 0 Å². The SMILES string of the molecule is CC1CN(S(=O)(=O)c2ccc(Cl)s2)CC(CO)O1. The van der Waals surface area contributed by atoms with Gasteiger partial charge in [0.2, 0.25) is 0 Å². The first-order valence-electron chi connectivity index (χ1n) is 5.45. The quantitative estimate of drug-likeness (QED) is 0.910. The monoisotopic (exact) mass is 311 g/mol. The molecule has 1 aromatic rings. The zero-order valence-electron chi connectivity index (χ0n) is 9.74. The van der Waals surface area contributed by atoms with E-state index in [0.29, 0.717) is 4.34 Å². The molecule has 0 aromatic carbocycles. The number of hydrogen-bond donors (Lipinski definition) is 1. The fourth-order valence-electron chi connectivity index (χ4n) is 1.86. The summed E-state index contributed by atoms with van der Waals surface area (Å²) in [5.41, 5.74) is 0. The van der Waals surface area contributed by atoms with E-state index in [1.807, 2.05) is 0 Å². The van der Waals surface area contributed by atoms with E-state index >= 15 is 0 Å². The van der Waals surface area contributed by atoms with Crippen molar-refractivity contribution in [3.05, 3.63) is 16.5 Å². The number of thiophene rings is 1. The molecule has 0 bridgehead atoms. The largest absolute Gasteiger partial charge is 0.394 e. The normalized spacial score (nSPS) is 26.4. The zero-order chi connectivity index (χ0) is 13.3. The van der Waals surface area contributed by atoms with Crippen LogP contribution in [-0.2, 0) is 14.8 Å². The fourth-order valence-corrected chi connectivity index (χ4v) is 5.05. The lowest BCUT2D eigenvalue weighted by molar-refractivity contribution is -0.0750. The van der Waals surface area contributed by atoms with Crippen LogP contribution in [0.5, 0.6) is 0 Å². The van der Waals surface area contributed by atoms with Crippen LogP contribution < -0.4 is 0 Å². The first-order chi connectivity index (χ1) is 8.43. The molecule has 0 amide bonds. The number of rotatable bonds is 3. The maximum Gasteiger partial charge on any atom is 0.252 e. The summed E-state index contributed by atoms with van der Waals surface area (Å²) in [6, 6.07) is 3.06. The standard InChI is InChI=1S/C10H14ClNO4S2/c1-7-4-12(5-8(6-13)16-7)18(14,15)10-3-2-9(11)17-10/h2-3,7-8,13H,4-6H2,1H3. The molecule has 2 heterocycles. The van der Waals surface area contributed by atoms with Crippen LogP contribution in [0.4, 0.5) is 0 Å². The topological polar surface area (TPSA) is 66.8 Å². The average Bonchev–Trinajstić information content (AvgIpc) is 2.75. The number of nitrogens with zero attached hydrogens (tertiary/aromatic N) is 1. The van der Waals surface area contributed by atoms with E-state index in [9.17, 15) is 8.42 Å². The Kier molecular flexibility index (Phi) is 4.30. The van der Waals surface area contributed by atoms with Crippen molar-refractivity contribution < 1.29 is 18.3 Å². The van der Waals surface area contributed by atoms with E-state index in [1.54, 1.807) is 13.0 Å². The maximum absolute atomic E-state index is 12.3. The summed E-state index contributed by atoms with van der Waals surface area (Å²) in [6.45, 7) is 2.04. The van der Waals surface area contributed by atoms with Gasteiger partial charge in [-0.2, -0.15) is 4.31 Å². The van der Waals surface area contributed by atoms with Gasteiger partial charge < -0.3 is 9.84 Å². The maximum atomic E-state index is 12.3. The van der Waals surface area contributed by atoms with Gasteiger partial charge in [-0.3, -0.25) is 0 Å².